The van der Waals surface area contributed by atoms with Gasteiger partial charge >= 0.3 is 0 Å². The molecule has 2 rings (SSSR count). The summed E-state index contributed by atoms with van der Waals surface area (Å²) in [7, 11) is 0. The van der Waals surface area contributed by atoms with Gasteiger partial charge in [-0.05, 0) is 18.4 Å². The van der Waals surface area contributed by atoms with E-state index in [1.807, 2.05) is 6.26 Å². The summed E-state index contributed by atoms with van der Waals surface area (Å²) in [4.78, 5) is 29.2. The minimum atomic E-state index is -0.531. The number of nitrogens with one attached hydrogen (secondary N) is 1. The van der Waals surface area contributed by atoms with Gasteiger partial charge in [-0.25, -0.2) is 9.97 Å². The summed E-state index contributed by atoms with van der Waals surface area (Å²) >= 11 is 7.26. The number of carbonyl (C=O) groups excluding carboxylic acids is 1. The second-order valence-electron chi connectivity index (χ2n) is 4.52. The smallest absolute Gasteiger partial charge is 0.294 e. The van der Waals surface area contributed by atoms with E-state index in [1.54, 1.807) is 12.3 Å². The summed E-state index contributed by atoms with van der Waals surface area (Å²) in [5.74, 6) is 0.393. The van der Waals surface area contributed by atoms with E-state index in [1.165, 1.54) is 30.2 Å². The van der Waals surface area contributed by atoms with Gasteiger partial charge in [-0.3, -0.25) is 14.9 Å². The normalized spacial score (nSPS) is 11.6. The summed E-state index contributed by atoms with van der Waals surface area (Å²) < 4.78 is 4.81. The van der Waals surface area contributed by atoms with Gasteiger partial charge in [-0.2, -0.15) is 11.8 Å². The average Bonchev–Trinajstić information content (AvgIpc) is 2.58. The van der Waals surface area contributed by atoms with Crippen molar-refractivity contribution >= 4 is 47.0 Å². The maximum atomic E-state index is 11.2. The Morgan fingerprint density at radius 2 is 2.33 bits per heavy atom. The van der Waals surface area contributed by atoms with E-state index in [-0.39, 0.29) is 28.3 Å². The van der Waals surface area contributed by atoms with Crippen LogP contribution in [0.3, 0.4) is 0 Å². The number of nitro benzene ring substituents is 1. The van der Waals surface area contributed by atoms with Crippen LogP contribution in [0.5, 0.6) is 0 Å². The molecule has 126 valence electrons. The van der Waals surface area contributed by atoms with E-state index in [2.05, 4.69) is 15.3 Å². The average molecular weight is 369 g/mol. The van der Waals surface area contributed by atoms with Crippen LogP contribution in [0.4, 0.5) is 17.2 Å². The van der Waals surface area contributed by atoms with E-state index in [0.29, 0.717) is 17.9 Å². The lowest BCUT2D eigenvalue weighted by Crippen LogP contribution is -2.09. The zero-order valence-electron chi connectivity index (χ0n) is 12.5. The SMILES string of the molecule is CSC(COC=O)c1cncnc1Nc1ccc(Cl)cc1[N+](=O)[O-]. The second-order valence-corrected chi connectivity index (χ2v) is 6.00. The van der Waals surface area contributed by atoms with Crippen LogP contribution in [-0.2, 0) is 9.53 Å². The molecule has 0 aliphatic rings. The van der Waals surface area contributed by atoms with Gasteiger partial charge in [-0.1, -0.05) is 11.6 Å². The monoisotopic (exact) mass is 368 g/mol. The third-order valence-corrected chi connectivity index (χ3v) is 4.29. The highest BCUT2D eigenvalue weighted by molar-refractivity contribution is 7.98. The first-order valence-electron chi connectivity index (χ1n) is 6.65. The molecule has 0 bridgehead atoms. The number of hydrogen-bond acceptors (Lipinski definition) is 8. The van der Waals surface area contributed by atoms with Crippen LogP contribution < -0.4 is 5.32 Å². The molecule has 8 nitrogen and oxygen atoms in total. The molecule has 1 N–H and O–H groups in total. The predicted molar refractivity (Wildman–Crippen MR) is 91.7 cm³/mol. The molecule has 0 aliphatic carbocycles. The van der Waals surface area contributed by atoms with Crippen molar-refractivity contribution in [1.82, 2.24) is 9.97 Å². The fourth-order valence-corrected chi connectivity index (χ4v) is 2.79. The summed E-state index contributed by atoms with van der Waals surface area (Å²) in [5, 5.41) is 14.2. The van der Waals surface area contributed by atoms with E-state index >= 15 is 0 Å². The quantitative estimate of drug-likeness (QED) is 0.429. The van der Waals surface area contributed by atoms with Crippen LogP contribution >= 0.6 is 23.4 Å². The van der Waals surface area contributed by atoms with Gasteiger partial charge in [0.05, 0.1) is 10.2 Å². The number of hydrogen-bond donors (Lipinski definition) is 1. The van der Waals surface area contributed by atoms with E-state index in [4.69, 9.17) is 16.3 Å². The molecule has 1 atom stereocenters. The number of benzene rings is 1. The molecule has 10 heteroatoms. The molecule has 0 amide bonds. The highest BCUT2D eigenvalue weighted by atomic mass is 35.5. The maximum Gasteiger partial charge on any atom is 0.294 e. The number of anilines is 2. The van der Waals surface area contributed by atoms with Crippen LogP contribution in [0.25, 0.3) is 0 Å². The summed E-state index contributed by atoms with van der Waals surface area (Å²) in [6.07, 6.45) is 4.75. The fourth-order valence-electron chi connectivity index (χ4n) is 1.98. The molecule has 0 aliphatic heterocycles. The maximum absolute atomic E-state index is 11.2. The first-order valence-corrected chi connectivity index (χ1v) is 8.32. The predicted octanol–water partition coefficient (Wildman–Crippen LogP) is 3.36. The van der Waals surface area contributed by atoms with Gasteiger partial charge in [0.25, 0.3) is 12.2 Å². The number of halogens is 1. The van der Waals surface area contributed by atoms with Crippen molar-refractivity contribution in [3.8, 4) is 0 Å². The van der Waals surface area contributed by atoms with Gasteiger partial charge in [0, 0.05) is 22.8 Å². The molecular weight excluding hydrogens is 356 g/mol. The second kappa shape index (κ2) is 8.46. The first kappa shape index (κ1) is 18.0. The zero-order valence-corrected chi connectivity index (χ0v) is 14.1. The Labute approximate surface area is 146 Å². The molecule has 1 aromatic carbocycles. The highest BCUT2D eigenvalue weighted by Gasteiger charge is 2.20. The summed E-state index contributed by atoms with van der Waals surface area (Å²) in [6, 6.07) is 4.30. The van der Waals surface area contributed by atoms with E-state index < -0.39 is 4.92 Å². The van der Waals surface area contributed by atoms with Crippen molar-refractivity contribution in [1.29, 1.82) is 0 Å². The Kier molecular flexibility index (Phi) is 6.33. The Balaban J connectivity index is 2.37. The van der Waals surface area contributed by atoms with Crippen molar-refractivity contribution in [2.45, 2.75) is 5.25 Å². The van der Waals surface area contributed by atoms with Crippen LogP contribution in [0.1, 0.15) is 10.8 Å². The van der Waals surface area contributed by atoms with Crippen LogP contribution in [-0.4, -0.2) is 34.2 Å². The number of aromatic nitrogens is 2. The van der Waals surface area contributed by atoms with Crippen LogP contribution in [0.2, 0.25) is 5.02 Å². The molecule has 24 heavy (non-hydrogen) atoms. The summed E-state index contributed by atoms with van der Waals surface area (Å²) in [5.41, 5.74) is 0.744. The van der Waals surface area contributed by atoms with Crippen molar-refractivity contribution in [3.63, 3.8) is 0 Å². The number of carbonyl (C=O) groups is 1. The lowest BCUT2D eigenvalue weighted by Gasteiger charge is -2.17. The molecule has 1 heterocycles. The molecule has 2 aromatic rings. The largest absolute Gasteiger partial charge is 0.466 e. The van der Waals surface area contributed by atoms with Gasteiger partial charge in [-0.15, -0.1) is 0 Å². The lowest BCUT2D eigenvalue weighted by molar-refractivity contribution is -0.383. The topological polar surface area (TPSA) is 107 Å². The van der Waals surface area contributed by atoms with Crippen molar-refractivity contribution < 1.29 is 14.5 Å². The molecule has 0 saturated carbocycles. The minimum absolute atomic E-state index is 0.134. The zero-order chi connectivity index (χ0) is 17.5. The van der Waals surface area contributed by atoms with E-state index in [9.17, 15) is 14.9 Å². The molecule has 0 saturated heterocycles. The first-order chi connectivity index (χ1) is 11.6. The van der Waals surface area contributed by atoms with Gasteiger partial charge in [0.2, 0.25) is 0 Å². The minimum Gasteiger partial charge on any atom is -0.466 e. The van der Waals surface area contributed by atoms with Gasteiger partial charge in [0.1, 0.15) is 24.4 Å². The van der Waals surface area contributed by atoms with Crippen LogP contribution in [0.15, 0.2) is 30.7 Å². The third-order valence-electron chi connectivity index (χ3n) is 3.10. The highest BCUT2D eigenvalue weighted by Crippen LogP contribution is 2.35. The van der Waals surface area contributed by atoms with E-state index in [0.717, 1.165) is 0 Å². The van der Waals surface area contributed by atoms with Crippen molar-refractivity contribution in [2.75, 3.05) is 18.2 Å². The molecule has 1 unspecified atom stereocenters. The summed E-state index contributed by atoms with van der Waals surface area (Å²) in [6.45, 7) is 0.500. The van der Waals surface area contributed by atoms with Crippen molar-refractivity contribution in [2.24, 2.45) is 0 Å². The number of nitro groups is 1. The Morgan fingerprint density at radius 3 is 3.00 bits per heavy atom. The molecule has 0 fully saturated rings. The van der Waals surface area contributed by atoms with Gasteiger partial charge < -0.3 is 10.1 Å². The Bertz CT molecular complexity index is 746. The Morgan fingerprint density at radius 1 is 1.54 bits per heavy atom. The molecule has 0 radical (unpaired) electrons. The number of thioether (sulfide) groups is 1. The standard InChI is InChI=1S/C14H13ClN4O4S/c1-24-13(6-23-8-20)10-5-16-7-17-14(10)18-11-3-2-9(15)4-12(11)19(21)22/h2-5,7-8,13H,6H2,1H3,(H,16,17,18). The third kappa shape index (κ3) is 4.33. The molecular formula is C14H13ClN4O4S. The number of rotatable bonds is 8. The van der Waals surface area contributed by atoms with Crippen molar-refractivity contribution in [3.05, 3.63) is 51.4 Å². The lowest BCUT2D eigenvalue weighted by atomic mass is 10.2. The Hall–Kier alpha value is -2.39. The molecule has 0 spiro atoms. The molecule has 1 aromatic heterocycles. The number of nitrogens with zero attached hydrogens (tertiary/aromatic N) is 3. The fraction of sp³-hybridized carbons (Fsp3) is 0.214. The van der Waals surface area contributed by atoms with Gasteiger partial charge in [0.15, 0.2) is 0 Å². The number of ether oxygens (including phenoxy) is 1. The van der Waals surface area contributed by atoms with Crippen LogP contribution in [0, 0.1) is 10.1 Å².